The van der Waals surface area contributed by atoms with Gasteiger partial charge in [-0.2, -0.15) is 0 Å². The smallest absolute Gasteiger partial charge is 0.270 e. The fraction of sp³-hybridized carbons (Fsp3) is 0.286. The van der Waals surface area contributed by atoms with Crippen LogP contribution in [0.15, 0.2) is 16.8 Å². The van der Waals surface area contributed by atoms with Gasteiger partial charge in [0.1, 0.15) is 5.76 Å². The van der Waals surface area contributed by atoms with Crippen molar-refractivity contribution in [2.24, 2.45) is 4.99 Å². The summed E-state index contributed by atoms with van der Waals surface area (Å²) in [6, 6.07) is 0. The van der Waals surface area contributed by atoms with E-state index < -0.39 is 10.2 Å². The number of amides is 1. The van der Waals surface area contributed by atoms with Crippen molar-refractivity contribution in [3.05, 3.63) is 18.8 Å². The third kappa shape index (κ3) is 1.35. The van der Waals surface area contributed by atoms with E-state index in [4.69, 9.17) is 0 Å². The molecule has 0 fully saturated rings. The van der Waals surface area contributed by atoms with Crippen LogP contribution in [0, 0.1) is 6.92 Å². The molecule has 1 N–H and O–H groups in total. The molecular formula is C7H7BrNO2. The zero-order chi connectivity index (χ0) is 8.65. The van der Waals surface area contributed by atoms with E-state index >= 15 is 0 Å². The Morgan fingerprint density at radius 1 is 1.82 bits per heavy atom. The summed E-state index contributed by atoms with van der Waals surface area (Å²) in [5.74, 6) is -0.579. The highest BCUT2D eigenvalue weighted by Gasteiger charge is 2.37. The second-order valence-corrected chi connectivity index (χ2v) is 3.74. The maximum absolute atomic E-state index is 11.0. The van der Waals surface area contributed by atoms with Crippen molar-refractivity contribution in [3.63, 3.8) is 0 Å². The number of aliphatic hydroxyl groups is 1. The van der Waals surface area contributed by atoms with Gasteiger partial charge in [-0.3, -0.25) is 4.79 Å². The molecular weight excluding hydrogens is 210 g/mol. The molecule has 1 rings (SSSR count). The molecule has 1 aliphatic rings. The molecule has 0 aromatic carbocycles. The Kier molecular flexibility index (Phi) is 1.88. The summed E-state index contributed by atoms with van der Waals surface area (Å²) in [7, 11) is 0. The third-order valence-corrected chi connectivity index (χ3v) is 2.11. The van der Waals surface area contributed by atoms with Gasteiger partial charge in [0.15, 0.2) is 4.32 Å². The molecule has 1 atom stereocenters. The first-order valence-corrected chi connectivity index (χ1v) is 3.79. The molecule has 1 heterocycles. The second-order valence-electron chi connectivity index (χ2n) is 2.39. The van der Waals surface area contributed by atoms with Gasteiger partial charge in [-0.15, -0.1) is 0 Å². The summed E-state index contributed by atoms with van der Waals surface area (Å²) >= 11 is 2.96. The highest BCUT2D eigenvalue weighted by Crippen LogP contribution is 2.28. The first-order chi connectivity index (χ1) is 4.94. The first-order valence-electron chi connectivity index (χ1n) is 2.99. The minimum atomic E-state index is -1.27. The van der Waals surface area contributed by atoms with Crippen LogP contribution in [0.25, 0.3) is 0 Å². The number of carbonyl (C=O) groups excluding carboxylic acids is 1. The van der Waals surface area contributed by atoms with Crippen LogP contribution in [-0.4, -0.2) is 21.0 Å². The normalized spacial score (nSPS) is 31.4. The molecule has 11 heavy (non-hydrogen) atoms. The van der Waals surface area contributed by atoms with Crippen molar-refractivity contribution in [1.82, 2.24) is 0 Å². The molecule has 4 heteroatoms. The van der Waals surface area contributed by atoms with E-state index in [1.807, 2.05) is 0 Å². The van der Waals surface area contributed by atoms with Crippen LogP contribution in [0.5, 0.6) is 0 Å². The Hall–Kier alpha value is -0.640. The van der Waals surface area contributed by atoms with Crippen molar-refractivity contribution in [2.75, 3.05) is 0 Å². The number of aliphatic imine (C=N–C) groups is 1. The highest BCUT2D eigenvalue weighted by atomic mass is 79.9. The molecule has 1 aliphatic heterocycles. The van der Waals surface area contributed by atoms with Gasteiger partial charge in [0.25, 0.3) is 5.91 Å². The number of alkyl halides is 1. The summed E-state index contributed by atoms with van der Waals surface area (Å²) in [5.41, 5.74) is 0.492. The third-order valence-electron chi connectivity index (χ3n) is 1.37. The molecule has 0 spiro atoms. The van der Waals surface area contributed by atoms with E-state index in [2.05, 4.69) is 27.8 Å². The van der Waals surface area contributed by atoms with Crippen LogP contribution < -0.4 is 0 Å². The van der Waals surface area contributed by atoms with Gasteiger partial charge in [0.05, 0.1) is 0 Å². The fourth-order valence-electron chi connectivity index (χ4n) is 0.703. The van der Waals surface area contributed by atoms with Crippen molar-refractivity contribution in [1.29, 1.82) is 0 Å². The van der Waals surface area contributed by atoms with E-state index in [-0.39, 0.29) is 5.76 Å². The summed E-state index contributed by atoms with van der Waals surface area (Å²) in [6.07, 6.45) is 1.41. The van der Waals surface area contributed by atoms with Gasteiger partial charge >= 0.3 is 0 Å². The van der Waals surface area contributed by atoms with Gasteiger partial charge < -0.3 is 5.11 Å². The van der Waals surface area contributed by atoms with Gasteiger partial charge in [0.2, 0.25) is 0 Å². The minimum absolute atomic E-state index is 0.102. The molecule has 59 valence electrons. The monoisotopic (exact) mass is 216 g/mol. The van der Waals surface area contributed by atoms with Gasteiger partial charge in [0, 0.05) is 5.71 Å². The number of hydrogen-bond acceptors (Lipinski definition) is 2. The summed E-state index contributed by atoms with van der Waals surface area (Å²) < 4.78 is -1.27. The lowest BCUT2D eigenvalue weighted by Crippen LogP contribution is -2.33. The SMILES string of the molecule is [CH2]C1(Br)C(=O)N=C(C)C=C1O. The molecule has 3 nitrogen and oxygen atoms in total. The van der Waals surface area contributed by atoms with E-state index in [1.165, 1.54) is 6.08 Å². The van der Waals surface area contributed by atoms with Crippen LogP contribution >= 0.6 is 15.9 Å². The minimum Gasteiger partial charge on any atom is -0.510 e. The maximum Gasteiger partial charge on any atom is 0.270 e. The van der Waals surface area contributed by atoms with Crippen molar-refractivity contribution < 1.29 is 9.90 Å². The molecule has 1 unspecified atom stereocenters. The summed E-state index contributed by atoms with van der Waals surface area (Å²) in [4.78, 5) is 14.7. The predicted molar refractivity (Wildman–Crippen MR) is 45.8 cm³/mol. The first kappa shape index (κ1) is 8.46. The average molecular weight is 217 g/mol. The Balaban J connectivity index is 3.11. The number of nitrogens with zero attached hydrogens (tertiary/aromatic N) is 1. The molecule has 0 saturated heterocycles. The molecule has 0 saturated carbocycles. The average Bonchev–Trinajstić information content (AvgIpc) is 1.84. The molecule has 0 aromatic heterocycles. The molecule has 1 amide bonds. The number of rotatable bonds is 0. The van der Waals surface area contributed by atoms with E-state index in [0.717, 1.165) is 0 Å². The lowest BCUT2D eigenvalue weighted by atomic mass is 10.1. The van der Waals surface area contributed by atoms with E-state index in [0.29, 0.717) is 5.71 Å². The Morgan fingerprint density at radius 3 is 2.82 bits per heavy atom. The summed E-state index contributed by atoms with van der Waals surface area (Å²) in [6.45, 7) is 5.10. The number of aliphatic hydroxyl groups excluding tert-OH is 1. The number of allylic oxidation sites excluding steroid dienone is 1. The number of carbonyl (C=O) groups is 1. The molecule has 0 bridgehead atoms. The Morgan fingerprint density at radius 2 is 2.36 bits per heavy atom. The number of dihydropyridines is 1. The fourth-order valence-corrected chi connectivity index (χ4v) is 0.906. The number of hydrogen-bond donors (Lipinski definition) is 1. The van der Waals surface area contributed by atoms with Crippen LogP contribution in [0.4, 0.5) is 0 Å². The van der Waals surface area contributed by atoms with Crippen LogP contribution in [0.1, 0.15) is 6.92 Å². The predicted octanol–water partition coefficient (Wildman–Crippen LogP) is 1.40. The van der Waals surface area contributed by atoms with Crippen LogP contribution in [0.2, 0.25) is 0 Å². The topological polar surface area (TPSA) is 49.7 Å². The van der Waals surface area contributed by atoms with Crippen molar-refractivity contribution in [2.45, 2.75) is 11.2 Å². The zero-order valence-corrected chi connectivity index (χ0v) is 7.55. The van der Waals surface area contributed by atoms with E-state index in [1.54, 1.807) is 6.92 Å². The molecule has 0 aliphatic carbocycles. The van der Waals surface area contributed by atoms with Crippen molar-refractivity contribution in [3.8, 4) is 0 Å². The largest absolute Gasteiger partial charge is 0.510 e. The van der Waals surface area contributed by atoms with Gasteiger partial charge in [-0.1, -0.05) is 15.9 Å². The highest BCUT2D eigenvalue weighted by molar-refractivity contribution is 9.10. The lowest BCUT2D eigenvalue weighted by molar-refractivity contribution is -0.118. The molecule has 1 radical (unpaired) electrons. The van der Waals surface area contributed by atoms with Crippen molar-refractivity contribution >= 4 is 27.5 Å². The standard InChI is InChI=1S/C7H7BrNO2/c1-4-3-5(10)7(2,8)6(11)9-4/h3,10H,2H2,1H3. The second kappa shape index (κ2) is 2.44. The molecule has 0 aromatic rings. The quantitative estimate of drug-likeness (QED) is 0.623. The summed E-state index contributed by atoms with van der Waals surface area (Å²) in [5, 5.41) is 9.23. The van der Waals surface area contributed by atoms with E-state index in [9.17, 15) is 9.90 Å². The number of halogens is 1. The lowest BCUT2D eigenvalue weighted by Gasteiger charge is -2.20. The Bertz CT molecular complexity index is 266. The Labute approximate surface area is 73.0 Å². The van der Waals surface area contributed by atoms with Gasteiger partial charge in [-0.05, 0) is 19.9 Å². The van der Waals surface area contributed by atoms with Crippen LogP contribution in [0.3, 0.4) is 0 Å². The van der Waals surface area contributed by atoms with Crippen LogP contribution in [-0.2, 0) is 4.79 Å². The maximum atomic E-state index is 11.0. The van der Waals surface area contributed by atoms with Gasteiger partial charge in [-0.25, -0.2) is 4.99 Å². The zero-order valence-electron chi connectivity index (χ0n) is 5.97.